The number of fused-ring (bicyclic) bond motifs is 1. The molecule has 1 aromatic carbocycles. The molecule has 196 valence electrons. The molecule has 0 spiro atoms. The van der Waals surface area contributed by atoms with Gasteiger partial charge in [0.1, 0.15) is 11.9 Å². The van der Waals surface area contributed by atoms with E-state index in [1.54, 1.807) is 30.0 Å². The number of carbonyl (C=O) groups is 2. The van der Waals surface area contributed by atoms with Crippen LogP contribution >= 0.6 is 0 Å². The van der Waals surface area contributed by atoms with Crippen molar-refractivity contribution < 1.29 is 32.6 Å². The van der Waals surface area contributed by atoms with Gasteiger partial charge in [-0.05, 0) is 50.9 Å². The molecule has 7 nitrogen and oxygen atoms in total. The SMILES string of the molecule is C[C@H]1CN([C@@H](C)CO)C(=O)Cc2cc(NC(=O)CCC(F)(F)F)ccc2O[C@@H]1CN(C)CC1CC1. The van der Waals surface area contributed by atoms with E-state index in [4.69, 9.17) is 4.74 Å². The average Bonchev–Trinajstić information content (AvgIpc) is 3.58. The van der Waals surface area contributed by atoms with Crippen LogP contribution in [-0.4, -0.2) is 78.3 Å². The van der Waals surface area contributed by atoms with E-state index in [2.05, 4.69) is 17.3 Å². The summed E-state index contributed by atoms with van der Waals surface area (Å²) in [6.07, 6.45) is -4.04. The van der Waals surface area contributed by atoms with Gasteiger partial charge < -0.3 is 25.0 Å². The molecular formula is C25H36F3N3O4. The lowest BCUT2D eigenvalue weighted by atomic mass is 10.0. The number of aliphatic hydroxyl groups is 1. The van der Waals surface area contributed by atoms with E-state index in [1.165, 1.54) is 12.8 Å². The van der Waals surface area contributed by atoms with Crippen LogP contribution in [0.5, 0.6) is 5.75 Å². The normalized spacial score (nSPS) is 22.1. The smallest absolute Gasteiger partial charge is 0.389 e. The zero-order chi connectivity index (χ0) is 25.8. The second-order valence-corrected chi connectivity index (χ2v) is 10.0. The van der Waals surface area contributed by atoms with Crippen molar-refractivity contribution in [3.05, 3.63) is 23.8 Å². The van der Waals surface area contributed by atoms with E-state index >= 15 is 0 Å². The maximum absolute atomic E-state index is 13.2. The Bertz CT molecular complexity index is 891. The molecule has 0 radical (unpaired) electrons. The molecule has 0 unspecified atom stereocenters. The van der Waals surface area contributed by atoms with Crippen molar-refractivity contribution in [2.75, 3.05) is 38.6 Å². The first-order chi connectivity index (χ1) is 16.4. The average molecular weight is 500 g/mol. The van der Waals surface area contributed by atoms with Crippen molar-refractivity contribution in [3.8, 4) is 5.75 Å². The van der Waals surface area contributed by atoms with Gasteiger partial charge in [-0.2, -0.15) is 13.2 Å². The van der Waals surface area contributed by atoms with Crippen molar-refractivity contribution in [1.29, 1.82) is 0 Å². The van der Waals surface area contributed by atoms with Gasteiger partial charge >= 0.3 is 6.18 Å². The molecule has 35 heavy (non-hydrogen) atoms. The van der Waals surface area contributed by atoms with Crippen LogP contribution in [0.1, 0.15) is 45.1 Å². The first-order valence-electron chi connectivity index (χ1n) is 12.2. The Kier molecular flexibility index (Phi) is 9.04. The van der Waals surface area contributed by atoms with Crippen LogP contribution in [-0.2, 0) is 16.0 Å². The third kappa shape index (κ3) is 8.38. The molecule has 1 aromatic rings. The quantitative estimate of drug-likeness (QED) is 0.544. The monoisotopic (exact) mass is 499 g/mol. The molecule has 1 heterocycles. The maximum Gasteiger partial charge on any atom is 0.389 e. The molecule has 2 N–H and O–H groups in total. The van der Waals surface area contributed by atoms with Gasteiger partial charge in [0, 0.05) is 43.2 Å². The number of aliphatic hydroxyl groups excluding tert-OH is 1. The lowest BCUT2D eigenvalue weighted by Crippen LogP contribution is -2.47. The van der Waals surface area contributed by atoms with Crippen LogP contribution in [0.3, 0.4) is 0 Å². The highest BCUT2D eigenvalue weighted by Gasteiger charge is 2.32. The standard InChI is InChI=1S/C25H36F3N3O4/c1-16-12-31(17(2)15-32)24(34)11-19-10-20(29-23(33)8-9-25(26,27)28)6-7-21(19)35-22(16)14-30(3)13-18-4-5-18/h6-7,10,16-18,22,32H,4-5,8-9,11-15H2,1-3H3,(H,29,33)/t16-,17-,22+/m0/s1. The number of ether oxygens (including phenoxy) is 1. The minimum Gasteiger partial charge on any atom is -0.488 e. The van der Waals surface area contributed by atoms with E-state index in [0.29, 0.717) is 30.1 Å². The topological polar surface area (TPSA) is 82.1 Å². The summed E-state index contributed by atoms with van der Waals surface area (Å²) in [5.74, 6) is 0.288. The number of rotatable bonds is 9. The summed E-state index contributed by atoms with van der Waals surface area (Å²) in [4.78, 5) is 29.1. The van der Waals surface area contributed by atoms with Crippen LogP contribution in [0.4, 0.5) is 18.9 Å². The number of alkyl halides is 3. The number of benzene rings is 1. The molecule has 0 aromatic heterocycles. The van der Waals surface area contributed by atoms with Crippen molar-refractivity contribution in [2.45, 2.75) is 64.3 Å². The minimum atomic E-state index is -4.41. The van der Waals surface area contributed by atoms with Gasteiger partial charge in [-0.25, -0.2) is 0 Å². The summed E-state index contributed by atoms with van der Waals surface area (Å²) in [5, 5.41) is 12.2. The Hall–Kier alpha value is -2.33. The van der Waals surface area contributed by atoms with E-state index in [9.17, 15) is 27.9 Å². The molecule has 3 rings (SSSR count). The summed E-state index contributed by atoms with van der Waals surface area (Å²) in [5.41, 5.74) is 0.853. The Labute approximate surface area is 204 Å². The van der Waals surface area contributed by atoms with Crippen LogP contribution in [0.15, 0.2) is 18.2 Å². The number of hydrogen-bond donors (Lipinski definition) is 2. The molecule has 10 heteroatoms. The van der Waals surface area contributed by atoms with Gasteiger partial charge in [0.2, 0.25) is 11.8 Å². The van der Waals surface area contributed by atoms with Crippen LogP contribution in [0.2, 0.25) is 0 Å². The highest BCUT2D eigenvalue weighted by molar-refractivity contribution is 5.91. The largest absolute Gasteiger partial charge is 0.488 e. The highest BCUT2D eigenvalue weighted by atomic mass is 19.4. The Balaban J connectivity index is 1.82. The van der Waals surface area contributed by atoms with Crippen molar-refractivity contribution in [3.63, 3.8) is 0 Å². The number of nitrogens with zero attached hydrogens (tertiary/aromatic N) is 2. The van der Waals surface area contributed by atoms with Crippen molar-refractivity contribution in [1.82, 2.24) is 9.80 Å². The molecule has 1 saturated carbocycles. The first-order valence-corrected chi connectivity index (χ1v) is 12.2. The van der Waals surface area contributed by atoms with Gasteiger partial charge in [-0.15, -0.1) is 0 Å². The molecular weight excluding hydrogens is 463 g/mol. The minimum absolute atomic E-state index is 0.0106. The fraction of sp³-hybridized carbons (Fsp3) is 0.680. The van der Waals surface area contributed by atoms with Crippen LogP contribution in [0.25, 0.3) is 0 Å². The van der Waals surface area contributed by atoms with E-state index in [1.807, 2.05) is 6.92 Å². The lowest BCUT2D eigenvalue weighted by molar-refractivity contribution is -0.142. The Morgan fingerprint density at radius 3 is 2.66 bits per heavy atom. The van der Waals surface area contributed by atoms with E-state index in [-0.39, 0.29) is 37.0 Å². The molecule has 0 saturated heterocycles. The zero-order valence-corrected chi connectivity index (χ0v) is 20.6. The third-order valence-electron chi connectivity index (χ3n) is 6.59. The van der Waals surface area contributed by atoms with Crippen LogP contribution < -0.4 is 10.1 Å². The molecule has 3 atom stereocenters. The fourth-order valence-corrected chi connectivity index (χ4v) is 4.33. The summed E-state index contributed by atoms with van der Waals surface area (Å²) >= 11 is 0. The predicted molar refractivity (Wildman–Crippen MR) is 126 cm³/mol. The summed E-state index contributed by atoms with van der Waals surface area (Å²) in [7, 11) is 2.06. The van der Waals surface area contributed by atoms with Gasteiger partial charge in [-0.1, -0.05) is 6.92 Å². The summed E-state index contributed by atoms with van der Waals surface area (Å²) in [6, 6.07) is 4.45. The van der Waals surface area contributed by atoms with Gasteiger partial charge in [0.05, 0.1) is 25.5 Å². The highest BCUT2D eigenvalue weighted by Crippen LogP contribution is 2.32. The fourth-order valence-electron chi connectivity index (χ4n) is 4.33. The molecule has 0 bridgehead atoms. The lowest BCUT2D eigenvalue weighted by Gasteiger charge is -2.34. The van der Waals surface area contributed by atoms with Gasteiger partial charge in [0.15, 0.2) is 0 Å². The van der Waals surface area contributed by atoms with Crippen molar-refractivity contribution in [2.24, 2.45) is 11.8 Å². The first kappa shape index (κ1) is 27.3. The second kappa shape index (κ2) is 11.6. The van der Waals surface area contributed by atoms with Crippen molar-refractivity contribution >= 4 is 17.5 Å². The van der Waals surface area contributed by atoms with E-state index in [0.717, 1.165) is 12.5 Å². The second-order valence-electron chi connectivity index (χ2n) is 10.0. The third-order valence-corrected chi connectivity index (χ3v) is 6.59. The summed E-state index contributed by atoms with van der Waals surface area (Å²) < 4.78 is 43.8. The number of amides is 2. The Morgan fingerprint density at radius 1 is 1.31 bits per heavy atom. The molecule has 1 fully saturated rings. The van der Waals surface area contributed by atoms with Gasteiger partial charge in [0.25, 0.3) is 0 Å². The molecule has 1 aliphatic carbocycles. The number of nitrogens with one attached hydrogen (secondary N) is 1. The Morgan fingerprint density at radius 2 is 2.03 bits per heavy atom. The number of anilines is 1. The summed E-state index contributed by atoms with van der Waals surface area (Å²) in [6.45, 7) is 5.72. The maximum atomic E-state index is 13.2. The zero-order valence-electron chi connectivity index (χ0n) is 20.6. The number of likely N-dealkylation sites (N-methyl/N-ethyl adjacent to an activating group) is 1. The molecule has 1 aliphatic heterocycles. The number of carbonyl (C=O) groups excluding carboxylic acids is 2. The predicted octanol–water partition coefficient (Wildman–Crippen LogP) is 3.46. The van der Waals surface area contributed by atoms with Crippen LogP contribution in [0, 0.1) is 11.8 Å². The number of halogens is 3. The van der Waals surface area contributed by atoms with E-state index < -0.39 is 24.9 Å². The number of hydrogen-bond acceptors (Lipinski definition) is 5. The molecule has 2 aliphatic rings. The van der Waals surface area contributed by atoms with Gasteiger partial charge in [-0.3, -0.25) is 9.59 Å². The molecule has 2 amide bonds.